The fraction of sp³-hybridized carbons (Fsp3) is 0.300. The molecule has 0 aliphatic heterocycles. The molecule has 3 rings (SSSR count). The van der Waals surface area contributed by atoms with E-state index in [-0.39, 0.29) is 11.5 Å². The molecule has 138 valence electrons. The Morgan fingerprint density at radius 3 is 2.50 bits per heavy atom. The fourth-order valence-electron chi connectivity index (χ4n) is 3.08. The molecule has 0 saturated heterocycles. The average molecular weight is 373 g/mol. The van der Waals surface area contributed by atoms with Crippen LogP contribution in [0.3, 0.4) is 0 Å². The van der Waals surface area contributed by atoms with E-state index in [1.807, 2.05) is 32.2 Å². The van der Waals surface area contributed by atoms with Gasteiger partial charge in [0.1, 0.15) is 6.10 Å². The van der Waals surface area contributed by atoms with Gasteiger partial charge in [0.25, 0.3) is 10.1 Å². The maximum Gasteiger partial charge on any atom is 0.297 e. The first kappa shape index (κ1) is 18.6. The van der Waals surface area contributed by atoms with Gasteiger partial charge < -0.3 is 9.67 Å². The molecule has 0 saturated carbocycles. The minimum Gasteiger partial charge on any atom is -0.386 e. The molecule has 1 N–H and O–H groups in total. The molecule has 2 aromatic carbocycles. The summed E-state index contributed by atoms with van der Waals surface area (Å²) in [5.74, 6) is 0. The van der Waals surface area contributed by atoms with E-state index >= 15 is 0 Å². The summed E-state index contributed by atoms with van der Waals surface area (Å²) in [5.41, 5.74) is 3.77. The standard InChI is InChI=1S/C20H23NO4S/c1-4-15-12-18-17(6-5-7-19(18)21(15)3)20(22)13-25-26(23,24)16-10-8-14(2)9-11-16/h5-12,20,22H,4,13H2,1-3H3. The van der Waals surface area contributed by atoms with E-state index in [2.05, 4.69) is 11.5 Å². The zero-order valence-corrected chi connectivity index (χ0v) is 16.0. The number of hydrogen-bond acceptors (Lipinski definition) is 4. The van der Waals surface area contributed by atoms with Crippen molar-refractivity contribution in [2.75, 3.05) is 6.61 Å². The average Bonchev–Trinajstić information content (AvgIpc) is 2.96. The second-order valence-electron chi connectivity index (χ2n) is 6.40. The Bertz CT molecular complexity index is 1020. The number of aromatic nitrogens is 1. The van der Waals surface area contributed by atoms with E-state index in [1.54, 1.807) is 18.2 Å². The second kappa shape index (κ2) is 7.23. The monoisotopic (exact) mass is 373 g/mol. The summed E-state index contributed by atoms with van der Waals surface area (Å²) >= 11 is 0. The number of rotatable bonds is 6. The highest BCUT2D eigenvalue weighted by atomic mass is 32.2. The minimum absolute atomic E-state index is 0.0847. The molecule has 1 unspecified atom stereocenters. The van der Waals surface area contributed by atoms with Gasteiger partial charge in [0.2, 0.25) is 0 Å². The van der Waals surface area contributed by atoms with E-state index < -0.39 is 16.2 Å². The first-order valence-electron chi connectivity index (χ1n) is 8.55. The molecule has 26 heavy (non-hydrogen) atoms. The summed E-state index contributed by atoms with van der Waals surface area (Å²) in [6.45, 7) is 3.62. The quantitative estimate of drug-likeness (QED) is 0.672. The number of fused-ring (bicyclic) bond motifs is 1. The van der Waals surface area contributed by atoms with Crippen molar-refractivity contribution in [1.29, 1.82) is 0 Å². The molecule has 6 heteroatoms. The maximum absolute atomic E-state index is 12.3. The Morgan fingerprint density at radius 2 is 1.85 bits per heavy atom. The number of nitrogens with zero attached hydrogens (tertiary/aromatic N) is 1. The summed E-state index contributed by atoms with van der Waals surface area (Å²) < 4.78 is 31.8. The Hall–Kier alpha value is -2.15. The normalized spacial score (nSPS) is 13.2. The maximum atomic E-state index is 12.3. The van der Waals surface area contributed by atoms with E-state index in [0.717, 1.165) is 28.6 Å². The molecule has 3 aromatic rings. The van der Waals surface area contributed by atoms with Crippen LogP contribution in [-0.4, -0.2) is 24.7 Å². The van der Waals surface area contributed by atoms with Crippen LogP contribution in [0, 0.1) is 6.92 Å². The Balaban J connectivity index is 1.83. The summed E-state index contributed by atoms with van der Waals surface area (Å²) in [6.07, 6.45) is -0.162. The third-order valence-corrected chi connectivity index (χ3v) is 5.93. The van der Waals surface area contributed by atoms with Crippen LogP contribution in [-0.2, 0) is 27.8 Å². The van der Waals surface area contributed by atoms with Crippen LogP contribution in [0.25, 0.3) is 10.9 Å². The van der Waals surface area contributed by atoms with Gasteiger partial charge in [-0.3, -0.25) is 4.18 Å². The SMILES string of the molecule is CCc1cc2c(C(O)COS(=O)(=O)c3ccc(C)cc3)cccc2n1C. The molecule has 1 aromatic heterocycles. The van der Waals surface area contributed by atoms with Crippen LogP contribution < -0.4 is 0 Å². The Kier molecular flexibility index (Phi) is 5.18. The molecule has 0 fully saturated rings. The van der Waals surface area contributed by atoms with E-state index in [1.165, 1.54) is 12.1 Å². The van der Waals surface area contributed by atoms with Crippen LogP contribution in [0.4, 0.5) is 0 Å². The summed E-state index contributed by atoms with van der Waals surface area (Å²) in [5, 5.41) is 11.5. The third-order valence-electron chi connectivity index (χ3n) is 4.63. The zero-order chi connectivity index (χ0) is 18.9. The predicted octanol–water partition coefficient (Wildman–Crippen LogP) is 3.49. The van der Waals surface area contributed by atoms with Crippen LogP contribution in [0.5, 0.6) is 0 Å². The van der Waals surface area contributed by atoms with Crippen molar-refractivity contribution in [1.82, 2.24) is 4.57 Å². The van der Waals surface area contributed by atoms with Crippen molar-refractivity contribution in [2.24, 2.45) is 7.05 Å². The molecule has 0 aliphatic carbocycles. The molecule has 1 heterocycles. The van der Waals surface area contributed by atoms with E-state index in [4.69, 9.17) is 4.18 Å². The highest BCUT2D eigenvalue weighted by molar-refractivity contribution is 7.86. The van der Waals surface area contributed by atoms with Gasteiger partial charge in [-0.05, 0) is 43.2 Å². The predicted molar refractivity (Wildman–Crippen MR) is 102 cm³/mol. The summed E-state index contributed by atoms with van der Waals surface area (Å²) in [4.78, 5) is 0.0847. The van der Waals surface area contributed by atoms with Crippen molar-refractivity contribution in [3.8, 4) is 0 Å². The number of hydrogen-bond donors (Lipinski definition) is 1. The molecular formula is C20H23NO4S. The second-order valence-corrected chi connectivity index (χ2v) is 8.01. The molecule has 1 atom stereocenters. The highest BCUT2D eigenvalue weighted by Gasteiger charge is 2.20. The molecule has 0 amide bonds. The highest BCUT2D eigenvalue weighted by Crippen LogP contribution is 2.28. The molecule has 0 bridgehead atoms. The molecular weight excluding hydrogens is 350 g/mol. The van der Waals surface area contributed by atoms with Gasteiger partial charge in [-0.2, -0.15) is 8.42 Å². The smallest absolute Gasteiger partial charge is 0.297 e. The van der Waals surface area contributed by atoms with Gasteiger partial charge in [0, 0.05) is 23.6 Å². The summed E-state index contributed by atoms with van der Waals surface area (Å²) in [6, 6.07) is 14.1. The van der Waals surface area contributed by atoms with E-state index in [9.17, 15) is 13.5 Å². The minimum atomic E-state index is -3.91. The first-order valence-corrected chi connectivity index (χ1v) is 9.95. The van der Waals surface area contributed by atoms with Gasteiger partial charge in [0.05, 0.1) is 11.5 Å². The van der Waals surface area contributed by atoms with Crippen LogP contribution in [0.15, 0.2) is 53.4 Å². The van der Waals surface area contributed by atoms with Crippen molar-refractivity contribution in [3.63, 3.8) is 0 Å². The molecule has 0 radical (unpaired) electrons. The van der Waals surface area contributed by atoms with Gasteiger partial charge in [-0.25, -0.2) is 0 Å². The van der Waals surface area contributed by atoms with Gasteiger partial charge in [-0.1, -0.05) is 36.8 Å². The molecule has 0 spiro atoms. The van der Waals surface area contributed by atoms with E-state index in [0.29, 0.717) is 5.56 Å². The number of aliphatic hydroxyl groups excluding tert-OH is 1. The number of aliphatic hydroxyl groups is 1. The topological polar surface area (TPSA) is 68.5 Å². The molecule has 0 aliphatic rings. The summed E-state index contributed by atoms with van der Waals surface area (Å²) in [7, 11) is -1.92. The lowest BCUT2D eigenvalue weighted by molar-refractivity contribution is 0.112. The fourth-order valence-corrected chi connectivity index (χ4v) is 4.00. The number of benzene rings is 2. The lowest BCUT2D eigenvalue weighted by Crippen LogP contribution is -2.13. The van der Waals surface area contributed by atoms with Crippen LogP contribution in [0.1, 0.15) is 29.8 Å². The van der Waals surface area contributed by atoms with Gasteiger partial charge >= 0.3 is 0 Å². The van der Waals surface area contributed by atoms with Crippen molar-refractivity contribution < 1.29 is 17.7 Å². The van der Waals surface area contributed by atoms with Crippen LogP contribution >= 0.6 is 0 Å². The first-order chi connectivity index (χ1) is 12.3. The van der Waals surface area contributed by atoms with Crippen LogP contribution in [0.2, 0.25) is 0 Å². The largest absolute Gasteiger partial charge is 0.386 e. The van der Waals surface area contributed by atoms with Gasteiger partial charge in [-0.15, -0.1) is 0 Å². The lowest BCUT2D eigenvalue weighted by atomic mass is 10.1. The van der Waals surface area contributed by atoms with Crippen molar-refractivity contribution >= 4 is 21.0 Å². The van der Waals surface area contributed by atoms with Crippen molar-refractivity contribution in [2.45, 2.75) is 31.3 Å². The Morgan fingerprint density at radius 1 is 1.15 bits per heavy atom. The lowest BCUT2D eigenvalue weighted by Gasteiger charge is -2.13. The molecule has 5 nitrogen and oxygen atoms in total. The third kappa shape index (κ3) is 3.53. The zero-order valence-electron chi connectivity index (χ0n) is 15.1. The number of aryl methyl sites for hydroxylation is 3. The van der Waals surface area contributed by atoms with Gasteiger partial charge in [0.15, 0.2) is 0 Å². The Labute approximate surface area is 154 Å². The van der Waals surface area contributed by atoms with Crippen molar-refractivity contribution in [3.05, 3.63) is 65.4 Å².